The van der Waals surface area contributed by atoms with E-state index >= 15 is 0 Å². The summed E-state index contributed by atoms with van der Waals surface area (Å²) in [6.45, 7) is 2.98. The molecule has 1 amide bonds. The number of unbranched alkanes of at least 4 members (excludes halogenated alkanes) is 6. The van der Waals surface area contributed by atoms with Crippen LogP contribution >= 0.6 is 0 Å². The molecule has 2 N–H and O–H groups in total. The Morgan fingerprint density at radius 3 is 2.19 bits per heavy atom. The van der Waals surface area contributed by atoms with Crippen molar-refractivity contribution in [2.75, 3.05) is 13.2 Å². The maximum atomic E-state index is 11.9. The minimum absolute atomic E-state index is 0.146. The number of carboxylic acids is 1. The largest absolute Gasteiger partial charge is 0.480 e. The van der Waals surface area contributed by atoms with Gasteiger partial charge in [0.05, 0.1) is 0 Å². The van der Waals surface area contributed by atoms with Gasteiger partial charge in [-0.05, 0) is 6.42 Å². The molecule has 0 aromatic carbocycles. The lowest BCUT2D eigenvalue weighted by molar-refractivity contribution is -0.152. The van der Waals surface area contributed by atoms with Gasteiger partial charge in [-0.15, -0.1) is 0 Å². The standard InChI is InChI=1S/C16H29NO4/c1-2-3-4-5-6-7-8-9-14(18)17-16(15(19)20)10-12-21-13-11-16/h2-13H2,1H3,(H,17,18)(H,19,20). The second-order valence-electron chi connectivity index (χ2n) is 5.92. The Bertz CT molecular complexity index is 324. The minimum Gasteiger partial charge on any atom is -0.480 e. The van der Waals surface area contributed by atoms with Gasteiger partial charge in [-0.3, -0.25) is 4.79 Å². The van der Waals surface area contributed by atoms with E-state index in [0.29, 0.717) is 32.5 Å². The van der Waals surface area contributed by atoms with Crippen LogP contribution in [-0.4, -0.2) is 35.7 Å². The van der Waals surface area contributed by atoms with E-state index in [9.17, 15) is 14.7 Å². The van der Waals surface area contributed by atoms with Gasteiger partial charge in [0.2, 0.25) is 5.91 Å². The summed E-state index contributed by atoms with van der Waals surface area (Å²) in [5.74, 6) is -1.09. The molecule has 0 aliphatic carbocycles. The highest BCUT2D eigenvalue weighted by Gasteiger charge is 2.41. The van der Waals surface area contributed by atoms with Crippen molar-refractivity contribution in [1.82, 2.24) is 5.32 Å². The van der Waals surface area contributed by atoms with E-state index in [1.165, 1.54) is 25.7 Å². The van der Waals surface area contributed by atoms with Gasteiger partial charge in [-0.1, -0.05) is 45.4 Å². The van der Waals surface area contributed by atoms with Crippen LogP contribution in [0.4, 0.5) is 0 Å². The van der Waals surface area contributed by atoms with Crippen LogP contribution in [0.2, 0.25) is 0 Å². The summed E-state index contributed by atoms with van der Waals surface area (Å²) in [6.07, 6.45) is 9.18. The van der Waals surface area contributed by atoms with Gasteiger partial charge >= 0.3 is 5.97 Å². The molecule has 0 aromatic rings. The van der Waals surface area contributed by atoms with Crippen molar-refractivity contribution in [1.29, 1.82) is 0 Å². The van der Waals surface area contributed by atoms with Crippen LogP contribution in [0.3, 0.4) is 0 Å². The Kier molecular flexibility index (Phi) is 8.35. The molecule has 0 atom stereocenters. The molecule has 1 aliphatic rings. The molecular weight excluding hydrogens is 270 g/mol. The lowest BCUT2D eigenvalue weighted by Gasteiger charge is -2.33. The summed E-state index contributed by atoms with van der Waals surface area (Å²) in [5, 5.41) is 12.1. The molecule has 1 saturated heterocycles. The number of ether oxygens (including phenoxy) is 1. The van der Waals surface area contributed by atoms with Crippen LogP contribution in [0.25, 0.3) is 0 Å². The summed E-state index contributed by atoms with van der Waals surface area (Å²) >= 11 is 0. The van der Waals surface area contributed by atoms with Crippen LogP contribution < -0.4 is 5.32 Å². The smallest absolute Gasteiger partial charge is 0.329 e. The first-order chi connectivity index (χ1) is 10.1. The average Bonchev–Trinajstić information content (AvgIpc) is 2.47. The van der Waals surface area contributed by atoms with Crippen LogP contribution in [0.15, 0.2) is 0 Å². The van der Waals surface area contributed by atoms with Crippen LogP contribution in [0.5, 0.6) is 0 Å². The highest BCUT2D eigenvalue weighted by molar-refractivity contribution is 5.87. The molecule has 0 bridgehead atoms. The van der Waals surface area contributed by atoms with E-state index in [4.69, 9.17) is 4.74 Å². The topological polar surface area (TPSA) is 75.6 Å². The summed E-state index contributed by atoms with van der Waals surface area (Å²) in [5.41, 5.74) is -1.11. The number of carbonyl (C=O) groups is 2. The van der Waals surface area contributed by atoms with E-state index in [0.717, 1.165) is 19.3 Å². The Morgan fingerprint density at radius 2 is 1.62 bits per heavy atom. The van der Waals surface area contributed by atoms with E-state index in [-0.39, 0.29) is 5.91 Å². The van der Waals surface area contributed by atoms with Crippen molar-refractivity contribution in [3.8, 4) is 0 Å². The summed E-state index contributed by atoms with van der Waals surface area (Å²) in [7, 11) is 0. The van der Waals surface area contributed by atoms with Crippen molar-refractivity contribution in [2.24, 2.45) is 0 Å². The first kappa shape index (κ1) is 18.0. The maximum Gasteiger partial charge on any atom is 0.329 e. The molecular formula is C16H29NO4. The Balaban J connectivity index is 2.21. The highest BCUT2D eigenvalue weighted by Crippen LogP contribution is 2.21. The summed E-state index contributed by atoms with van der Waals surface area (Å²) in [4.78, 5) is 23.4. The zero-order chi connectivity index (χ0) is 15.6. The number of rotatable bonds is 10. The molecule has 0 radical (unpaired) electrons. The van der Waals surface area contributed by atoms with Crippen LogP contribution in [0, 0.1) is 0 Å². The average molecular weight is 299 g/mol. The zero-order valence-electron chi connectivity index (χ0n) is 13.2. The third-order valence-electron chi connectivity index (χ3n) is 4.14. The maximum absolute atomic E-state index is 11.9. The Labute approximate surface area is 127 Å². The third kappa shape index (κ3) is 6.46. The zero-order valence-corrected chi connectivity index (χ0v) is 13.2. The van der Waals surface area contributed by atoms with Crippen molar-refractivity contribution in [2.45, 2.75) is 76.7 Å². The Morgan fingerprint density at radius 1 is 1.05 bits per heavy atom. The second-order valence-corrected chi connectivity index (χ2v) is 5.92. The molecule has 1 rings (SSSR count). The third-order valence-corrected chi connectivity index (χ3v) is 4.14. The number of carboxylic acid groups (broad SMARTS) is 1. The van der Waals surface area contributed by atoms with E-state index in [1.54, 1.807) is 0 Å². The molecule has 5 nitrogen and oxygen atoms in total. The van der Waals surface area contributed by atoms with Gasteiger partial charge in [0.25, 0.3) is 0 Å². The minimum atomic E-state index is -1.11. The number of nitrogens with one attached hydrogen (secondary N) is 1. The normalized spacial score (nSPS) is 17.4. The SMILES string of the molecule is CCCCCCCCCC(=O)NC1(C(=O)O)CCOCC1. The van der Waals surface area contributed by atoms with Gasteiger partial charge in [-0.2, -0.15) is 0 Å². The first-order valence-corrected chi connectivity index (χ1v) is 8.23. The molecule has 122 valence electrons. The van der Waals surface area contributed by atoms with Gasteiger partial charge in [0, 0.05) is 32.5 Å². The molecule has 21 heavy (non-hydrogen) atoms. The fraction of sp³-hybridized carbons (Fsp3) is 0.875. The molecule has 5 heteroatoms. The van der Waals surface area contributed by atoms with Crippen LogP contribution in [0.1, 0.15) is 71.1 Å². The number of hydrogen-bond acceptors (Lipinski definition) is 3. The Hall–Kier alpha value is -1.10. The molecule has 1 aliphatic heterocycles. The van der Waals surface area contributed by atoms with E-state index in [1.807, 2.05) is 0 Å². The molecule has 1 fully saturated rings. The second kappa shape index (κ2) is 9.77. The van der Waals surface area contributed by atoms with Crippen molar-refractivity contribution in [3.05, 3.63) is 0 Å². The van der Waals surface area contributed by atoms with Gasteiger partial charge in [0.15, 0.2) is 0 Å². The molecule has 0 saturated carbocycles. The van der Waals surface area contributed by atoms with Crippen molar-refractivity contribution < 1.29 is 19.4 Å². The van der Waals surface area contributed by atoms with Gasteiger partial charge < -0.3 is 15.2 Å². The predicted octanol–water partition coefficient (Wildman–Crippen LogP) is 2.88. The molecule has 0 aromatic heterocycles. The van der Waals surface area contributed by atoms with E-state index in [2.05, 4.69) is 12.2 Å². The molecule has 0 unspecified atom stereocenters. The predicted molar refractivity (Wildman–Crippen MR) is 81.2 cm³/mol. The molecule has 0 spiro atoms. The van der Waals surface area contributed by atoms with Crippen LogP contribution in [-0.2, 0) is 14.3 Å². The number of aliphatic carboxylic acids is 1. The quantitative estimate of drug-likeness (QED) is 0.608. The fourth-order valence-corrected chi connectivity index (χ4v) is 2.68. The number of amides is 1. The van der Waals surface area contributed by atoms with Crippen molar-refractivity contribution in [3.63, 3.8) is 0 Å². The fourth-order valence-electron chi connectivity index (χ4n) is 2.68. The van der Waals surface area contributed by atoms with Crippen molar-refractivity contribution >= 4 is 11.9 Å². The molecule has 1 heterocycles. The van der Waals surface area contributed by atoms with E-state index < -0.39 is 11.5 Å². The highest BCUT2D eigenvalue weighted by atomic mass is 16.5. The number of carbonyl (C=O) groups excluding carboxylic acids is 1. The summed E-state index contributed by atoms with van der Waals surface area (Å²) < 4.78 is 5.19. The van der Waals surface area contributed by atoms with Gasteiger partial charge in [-0.25, -0.2) is 4.79 Å². The lowest BCUT2D eigenvalue weighted by atomic mass is 9.90. The number of hydrogen-bond donors (Lipinski definition) is 2. The van der Waals surface area contributed by atoms with Gasteiger partial charge in [0.1, 0.15) is 5.54 Å². The monoisotopic (exact) mass is 299 g/mol. The lowest BCUT2D eigenvalue weighted by Crippen LogP contribution is -2.57. The first-order valence-electron chi connectivity index (χ1n) is 8.23. The summed E-state index contributed by atoms with van der Waals surface area (Å²) in [6, 6.07) is 0.